The van der Waals surface area contributed by atoms with E-state index in [1.54, 1.807) is 0 Å². The molecule has 0 atom stereocenters. The van der Waals surface area contributed by atoms with Crippen molar-refractivity contribution in [1.82, 2.24) is 0 Å². The third kappa shape index (κ3) is 38.9. The Bertz CT molecular complexity index is 159. The van der Waals surface area contributed by atoms with Crippen molar-refractivity contribution in [1.29, 1.82) is 0 Å². The Hall–Kier alpha value is -0.260. The summed E-state index contributed by atoms with van der Waals surface area (Å²) in [4.78, 5) is 0. The lowest BCUT2D eigenvalue weighted by atomic mass is 9.91. The Balaban J connectivity index is 0. The molecule has 0 bridgehead atoms. The third-order valence-electron chi connectivity index (χ3n) is 2.11. The summed E-state index contributed by atoms with van der Waals surface area (Å²) < 4.78 is 0. The number of allylic oxidation sites excluding steroid dienone is 1. The van der Waals surface area contributed by atoms with Crippen LogP contribution in [0.4, 0.5) is 0 Å². The molecule has 0 aromatic heterocycles. The molecule has 0 nitrogen and oxygen atoms in total. The van der Waals surface area contributed by atoms with Gasteiger partial charge in [0.1, 0.15) is 0 Å². The maximum Gasteiger partial charge on any atom is -0.0304 e. The van der Waals surface area contributed by atoms with Crippen LogP contribution in [0.1, 0.15) is 87.0 Å². The van der Waals surface area contributed by atoms with Gasteiger partial charge in [-0.25, -0.2) is 0 Å². The van der Waals surface area contributed by atoms with Crippen LogP contribution in [-0.2, 0) is 0 Å². The molecule has 0 aromatic rings. The Morgan fingerprint density at radius 3 is 1.29 bits per heavy atom. The van der Waals surface area contributed by atoms with E-state index in [4.69, 9.17) is 0 Å². The SMILES string of the molecule is C1CC1.C=CCC(C)(C)C.CCCC(C)(C)C. The summed E-state index contributed by atoms with van der Waals surface area (Å²) >= 11 is 0. The quantitative estimate of drug-likeness (QED) is 0.476. The smallest absolute Gasteiger partial charge is 0.0304 e. The average molecular weight is 240 g/mol. The number of hydrogen-bond acceptors (Lipinski definition) is 0. The number of hydrogen-bond donors (Lipinski definition) is 0. The standard InChI is InChI=1S/C7H16.C7H14.C3H6/c2*1-5-6-7(2,3)4;1-2-3-1/h5-6H2,1-4H3;5H,1,6H2,2-4H3;1-3H2. The van der Waals surface area contributed by atoms with Gasteiger partial charge in [0.25, 0.3) is 0 Å². The van der Waals surface area contributed by atoms with Crippen molar-refractivity contribution >= 4 is 0 Å². The Morgan fingerprint density at radius 1 is 0.882 bits per heavy atom. The zero-order valence-electron chi connectivity index (χ0n) is 13.5. The van der Waals surface area contributed by atoms with Crippen LogP contribution in [0, 0.1) is 10.8 Å². The molecule has 1 rings (SSSR count). The van der Waals surface area contributed by atoms with Crippen LogP contribution in [0.25, 0.3) is 0 Å². The second-order valence-electron chi connectivity index (χ2n) is 7.42. The van der Waals surface area contributed by atoms with Gasteiger partial charge in [0.15, 0.2) is 0 Å². The lowest BCUT2D eigenvalue weighted by Crippen LogP contribution is -2.02. The first-order chi connectivity index (χ1) is 7.62. The zero-order chi connectivity index (χ0) is 13.9. The van der Waals surface area contributed by atoms with E-state index in [1.165, 1.54) is 32.1 Å². The highest BCUT2D eigenvalue weighted by Gasteiger charge is 2.06. The molecule has 0 heteroatoms. The molecule has 104 valence electrons. The van der Waals surface area contributed by atoms with Crippen LogP contribution in [0.3, 0.4) is 0 Å². The molecule has 1 aliphatic carbocycles. The molecular weight excluding hydrogens is 204 g/mol. The molecule has 0 aliphatic heterocycles. The summed E-state index contributed by atoms with van der Waals surface area (Å²) in [6.07, 6.45) is 10.2. The highest BCUT2D eigenvalue weighted by atomic mass is 14.1. The van der Waals surface area contributed by atoms with Crippen molar-refractivity contribution in [3.05, 3.63) is 12.7 Å². The van der Waals surface area contributed by atoms with Crippen LogP contribution in [0.15, 0.2) is 12.7 Å². The van der Waals surface area contributed by atoms with Gasteiger partial charge < -0.3 is 0 Å². The van der Waals surface area contributed by atoms with Crippen LogP contribution in [-0.4, -0.2) is 0 Å². The molecule has 1 fully saturated rings. The highest BCUT2D eigenvalue weighted by molar-refractivity contribution is 4.75. The van der Waals surface area contributed by atoms with E-state index >= 15 is 0 Å². The van der Waals surface area contributed by atoms with E-state index in [9.17, 15) is 0 Å². The molecule has 1 aliphatic rings. The Morgan fingerprint density at radius 2 is 1.29 bits per heavy atom. The number of rotatable bonds is 2. The van der Waals surface area contributed by atoms with E-state index < -0.39 is 0 Å². The maximum absolute atomic E-state index is 3.65. The molecule has 0 spiro atoms. The topological polar surface area (TPSA) is 0 Å². The lowest BCUT2D eigenvalue weighted by Gasteiger charge is -2.15. The molecular formula is C17H36. The summed E-state index contributed by atoms with van der Waals surface area (Å²) in [7, 11) is 0. The normalized spacial score (nSPS) is 13.8. The second kappa shape index (κ2) is 9.74. The minimum absolute atomic E-state index is 0.432. The average Bonchev–Trinajstić information content (AvgIpc) is 2.84. The Labute approximate surface area is 111 Å². The zero-order valence-corrected chi connectivity index (χ0v) is 13.5. The lowest BCUT2D eigenvalue weighted by molar-refractivity contribution is 0.373. The van der Waals surface area contributed by atoms with Gasteiger partial charge in [0.05, 0.1) is 0 Å². The van der Waals surface area contributed by atoms with Crippen LogP contribution in [0.2, 0.25) is 0 Å². The minimum atomic E-state index is 0.432. The van der Waals surface area contributed by atoms with Gasteiger partial charge in [-0.15, -0.1) is 6.58 Å². The first kappa shape index (κ1) is 19.1. The fourth-order valence-electron chi connectivity index (χ4n) is 1.18. The second-order valence-corrected chi connectivity index (χ2v) is 7.42. The maximum atomic E-state index is 3.65. The molecule has 0 aromatic carbocycles. The van der Waals surface area contributed by atoms with Crippen molar-refractivity contribution in [2.45, 2.75) is 87.0 Å². The van der Waals surface area contributed by atoms with Gasteiger partial charge in [0, 0.05) is 0 Å². The summed E-state index contributed by atoms with van der Waals surface area (Å²) in [5.74, 6) is 0. The molecule has 17 heavy (non-hydrogen) atoms. The van der Waals surface area contributed by atoms with Gasteiger partial charge in [-0.2, -0.15) is 0 Å². The van der Waals surface area contributed by atoms with Crippen LogP contribution in [0.5, 0.6) is 0 Å². The van der Waals surface area contributed by atoms with E-state index in [-0.39, 0.29) is 0 Å². The fourth-order valence-corrected chi connectivity index (χ4v) is 1.18. The fraction of sp³-hybridized carbons (Fsp3) is 0.882. The molecule has 0 unspecified atom stereocenters. The predicted octanol–water partition coefficient (Wildman–Crippen LogP) is 6.61. The van der Waals surface area contributed by atoms with E-state index in [2.05, 4.69) is 55.0 Å². The monoisotopic (exact) mass is 240 g/mol. The first-order valence-corrected chi connectivity index (χ1v) is 7.23. The van der Waals surface area contributed by atoms with Crippen molar-refractivity contribution < 1.29 is 0 Å². The Kier molecular flexibility index (Phi) is 10.9. The van der Waals surface area contributed by atoms with Crippen molar-refractivity contribution in [3.8, 4) is 0 Å². The molecule has 0 saturated heterocycles. The van der Waals surface area contributed by atoms with Crippen LogP contribution < -0.4 is 0 Å². The van der Waals surface area contributed by atoms with E-state index in [1.807, 2.05) is 6.08 Å². The van der Waals surface area contributed by atoms with Crippen LogP contribution >= 0.6 is 0 Å². The van der Waals surface area contributed by atoms with E-state index in [0.29, 0.717) is 10.8 Å². The highest BCUT2D eigenvalue weighted by Crippen LogP contribution is 2.19. The first-order valence-electron chi connectivity index (χ1n) is 7.23. The van der Waals surface area contributed by atoms with Gasteiger partial charge in [-0.1, -0.05) is 80.2 Å². The minimum Gasteiger partial charge on any atom is -0.103 e. The van der Waals surface area contributed by atoms with Gasteiger partial charge in [0.2, 0.25) is 0 Å². The van der Waals surface area contributed by atoms with Crippen molar-refractivity contribution in [3.63, 3.8) is 0 Å². The third-order valence-corrected chi connectivity index (χ3v) is 2.11. The molecule has 0 radical (unpaired) electrons. The molecule has 1 saturated carbocycles. The molecule has 0 amide bonds. The van der Waals surface area contributed by atoms with Crippen molar-refractivity contribution in [2.24, 2.45) is 10.8 Å². The predicted molar refractivity (Wildman–Crippen MR) is 82.5 cm³/mol. The largest absolute Gasteiger partial charge is 0.103 e. The molecule has 0 N–H and O–H groups in total. The summed E-state index contributed by atoms with van der Waals surface area (Å²) in [6.45, 7) is 19.3. The van der Waals surface area contributed by atoms with Crippen molar-refractivity contribution in [2.75, 3.05) is 0 Å². The van der Waals surface area contributed by atoms with Gasteiger partial charge in [-0.05, 0) is 23.7 Å². The summed E-state index contributed by atoms with van der Waals surface area (Å²) in [5.41, 5.74) is 0.983. The molecule has 0 heterocycles. The van der Waals surface area contributed by atoms with Gasteiger partial charge in [-0.3, -0.25) is 0 Å². The summed E-state index contributed by atoms with van der Waals surface area (Å²) in [5, 5.41) is 0. The van der Waals surface area contributed by atoms with E-state index in [0.717, 1.165) is 6.42 Å². The summed E-state index contributed by atoms with van der Waals surface area (Å²) in [6, 6.07) is 0. The van der Waals surface area contributed by atoms with Gasteiger partial charge >= 0.3 is 0 Å².